The van der Waals surface area contributed by atoms with Gasteiger partial charge < -0.3 is 5.32 Å². The maximum atomic E-state index is 13.2. The first kappa shape index (κ1) is 23.9. The summed E-state index contributed by atoms with van der Waals surface area (Å²) in [5.74, 6) is -0.366. The lowest BCUT2D eigenvalue weighted by Crippen LogP contribution is -2.49. The van der Waals surface area contributed by atoms with Crippen LogP contribution in [0.4, 0.5) is 5.69 Å². The standard InChI is InChI=1S/C23H28Cl2N2O3S/c1-4-22(27(31(3,29)30)21-13-19(24)12-20(25)14-21)23(28)26-15(2)17-10-9-16-7-5-6-8-18(16)11-17/h9-15,22H,4-8H2,1-3H3,(H,26,28). The van der Waals surface area contributed by atoms with Crippen LogP contribution in [-0.4, -0.2) is 26.6 Å². The summed E-state index contributed by atoms with van der Waals surface area (Å²) in [6, 6.07) is 9.68. The summed E-state index contributed by atoms with van der Waals surface area (Å²) >= 11 is 12.2. The van der Waals surface area contributed by atoms with Crippen LogP contribution in [0, 0.1) is 0 Å². The summed E-state index contributed by atoms with van der Waals surface area (Å²) < 4.78 is 26.4. The number of nitrogens with zero attached hydrogens (tertiary/aromatic N) is 1. The summed E-state index contributed by atoms with van der Waals surface area (Å²) in [6.07, 6.45) is 5.91. The molecule has 2 unspecified atom stereocenters. The Morgan fingerprint density at radius 2 is 1.68 bits per heavy atom. The first-order valence-electron chi connectivity index (χ1n) is 10.5. The quantitative estimate of drug-likeness (QED) is 0.582. The molecule has 1 aliphatic carbocycles. The van der Waals surface area contributed by atoms with Gasteiger partial charge in [0, 0.05) is 10.0 Å². The molecule has 0 aromatic heterocycles. The van der Waals surface area contributed by atoms with Gasteiger partial charge in [-0.05, 0) is 73.9 Å². The van der Waals surface area contributed by atoms with E-state index in [0.717, 1.165) is 29.0 Å². The number of nitrogens with one attached hydrogen (secondary N) is 1. The Bertz CT molecular complexity index is 1050. The molecular weight excluding hydrogens is 455 g/mol. The number of fused-ring (bicyclic) bond motifs is 1. The van der Waals surface area contributed by atoms with Crippen LogP contribution in [0.2, 0.25) is 10.0 Å². The van der Waals surface area contributed by atoms with Gasteiger partial charge in [0.05, 0.1) is 18.0 Å². The molecule has 31 heavy (non-hydrogen) atoms. The summed E-state index contributed by atoms with van der Waals surface area (Å²) in [5, 5.41) is 3.59. The van der Waals surface area contributed by atoms with Crippen molar-refractivity contribution in [3.8, 4) is 0 Å². The Morgan fingerprint density at radius 3 is 2.26 bits per heavy atom. The van der Waals surface area contributed by atoms with Gasteiger partial charge in [-0.2, -0.15) is 0 Å². The number of benzene rings is 2. The van der Waals surface area contributed by atoms with Crippen molar-refractivity contribution in [2.75, 3.05) is 10.6 Å². The Morgan fingerprint density at radius 1 is 1.06 bits per heavy atom. The molecule has 2 aromatic carbocycles. The molecule has 168 valence electrons. The summed E-state index contributed by atoms with van der Waals surface area (Å²) in [6.45, 7) is 3.69. The molecule has 0 heterocycles. The average Bonchev–Trinajstić information content (AvgIpc) is 2.69. The molecule has 1 aliphatic rings. The maximum Gasteiger partial charge on any atom is 0.244 e. The van der Waals surface area contributed by atoms with Crippen molar-refractivity contribution in [3.05, 3.63) is 63.1 Å². The van der Waals surface area contributed by atoms with E-state index in [1.165, 1.54) is 42.2 Å². The topological polar surface area (TPSA) is 66.5 Å². The zero-order valence-corrected chi connectivity index (χ0v) is 20.3. The van der Waals surface area contributed by atoms with Gasteiger partial charge in [-0.15, -0.1) is 0 Å². The van der Waals surface area contributed by atoms with E-state index < -0.39 is 16.1 Å². The minimum Gasteiger partial charge on any atom is -0.348 e. The fraction of sp³-hybridized carbons (Fsp3) is 0.435. The highest BCUT2D eigenvalue weighted by Crippen LogP contribution is 2.30. The third kappa shape index (κ3) is 5.73. The minimum absolute atomic E-state index is 0.252. The summed E-state index contributed by atoms with van der Waals surface area (Å²) in [4.78, 5) is 13.2. The number of halogens is 2. The highest BCUT2D eigenvalue weighted by molar-refractivity contribution is 7.92. The van der Waals surface area contributed by atoms with Crippen LogP contribution in [0.1, 0.15) is 55.8 Å². The molecule has 1 amide bonds. The van der Waals surface area contributed by atoms with Gasteiger partial charge in [0.15, 0.2) is 0 Å². The fourth-order valence-electron chi connectivity index (χ4n) is 4.14. The lowest BCUT2D eigenvalue weighted by molar-refractivity contribution is -0.122. The van der Waals surface area contributed by atoms with Crippen molar-refractivity contribution in [1.29, 1.82) is 0 Å². The van der Waals surface area contributed by atoms with E-state index in [-0.39, 0.29) is 17.6 Å². The number of carbonyl (C=O) groups excluding carboxylic acids is 1. The van der Waals surface area contributed by atoms with Crippen LogP contribution in [-0.2, 0) is 27.7 Å². The number of carbonyl (C=O) groups is 1. The van der Waals surface area contributed by atoms with Gasteiger partial charge in [-0.1, -0.05) is 48.3 Å². The van der Waals surface area contributed by atoms with E-state index in [9.17, 15) is 13.2 Å². The van der Waals surface area contributed by atoms with E-state index in [2.05, 4.69) is 17.4 Å². The minimum atomic E-state index is -3.77. The van der Waals surface area contributed by atoms with Crippen LogP contribution >= 0.6 is 23.2 Å². The third-order valence-electron chi connectivity index (χ3n) is 5.66. The molecular formula is C23H28Cl2N2O3S. The number of hydrogen-bond acceptors (Lipinski definition) is 3. The fourth-order valence-corrected chi connectivity index (χ4v) is 5.85. The molecule has 0 radical (unpaired) electrons. The molecule has 5 nitrogen and oxygen atoms in total. The normalized spacial score (nSPS) is 15.6. The number of amides is 1. The van der Waals surface area contributed by atoms with Crippen molar-refractivity contribution in [1.82, 2.24) is 5.32 Å². The molecule has 2 aromatic rings. The van der Waals surface area contributed by atoms with E-state index in [4.69, 9.17) is 23.2 Å². The van der Waals surface area contributed by atoms with Crippen molar-refractivity contribution >= 4 is 44.8 Å². The molecule has 0 saturated heterocycles. The highest BCUT2D eigenvalue weighted by Gasteiger charge is 2.32. The van der Waals surface area contributed by atoms with Crippen LogP contribution in [0.15, 0.2) is 36.4 Å². The second-order valence-corrected chi connectivity index (χ2v) is 10.8. The predicted molar refractivity (Wildman–Crippen MR) is 128 cm³/mol. The molecule has 0 aliphatic heterocycles. The van der Waals surface area contributed by atoms with Crippen LogP contribution in [0.3, 0.4) is 0 Å². The molecule has 8 heteroatoms. The van der Waals surface area contributed by atoms with Crippen molar-refractivity contribution < 1.29 is 13.2 Å². The monoisotopic (exact) mass is 482 g/mol. The van der Waals surface area contributed by atoms with Crippen LogP contribution in [0.5, 0.6) is 0 Å². The van der Waals surface area contributed by atoms with Crippen molar-refractivity contribution in [2.45, 2.75) is 58.0 Å². The zero-order chi connectivity index (χ0) is 22.8. The summed E-state index contributed by atoms with van der Waals surface area (Å²) in [7, 11) is -3.77. The SMILES string of the molecule is CCC(C(=O)NC(C)c1ccc2c(c1)CCCC2)N(c1cc(Cl)cc(Cl)c1)S(C)(=O)=O. The molecule has 0 spiro atoms. The highest BCUT2D eigenvalue weighted by atomic mass is 35.5. The second kappa shape index (κ2) is 9.80. The largest absolute Gasteiger partial charge is 0.348 e. The molecule has 3 rings (SSSR count). The average molecular weight is 483 g/mol. The maximum absolute atomic E-state index is 13.2. The second-order valence-electron chi connectivity index (χ2n) is 8.08. The lowest BCUT2D eigenvalue weighted by atomic mass is 9.89. The molecule has 1 N–H and O–H groups in total. The van der Waals surface area contributed by atoms with Crippen LogP contribution in [0.25, 0.3) is 0 Å². The van der Waals surface area contributed by atoms with Gasteiger partial charge in [-0.25, -0.2) is 8.42 Å². The Labute approximate surface area is 194 Å². The van der Waals surface area contributed by atoms with Gasteiger partial charge in [0.1, 0.15) is 6.04 Å². The van der Waals surface area contributed by atoms with Crippen LogP contribution < -0.4 is 9.62 Å². The Balaban J connectivity index is 1.86. The van der Waals surface area contributed by atoms with Crippen molar-refractivity contribution in [2.24, 2.45) is 0 Å². The number of sulfonamides is 1. The molecule has 0 bridgehead atoms. The number of anilines is 1. The van der Waals surface area contributed by atoms with E-state index in [1.807, 2.05) is 13.0 Å². The summed E-state index contributed by atoms with van der Waals surface area (Å²) in [5.41, 5.74) is 3.99. The van der Waals surface area contributed by atoms with Gasteiger partial charge >= 0.3 is 0 Å². The van der Waals surface area contributed by atoms with E-state index in [0.29, 0.717) is 16.5 Å². The lowest BCUT2D eigenvalue weighted by Gasteiger charge is -2.31. The van der Waals surface area contributed by atoms with Gasteiger partial charge in [0.25, 0.3) is 0 Å². The number of aryl methyl sites for hydroxylation is 2. The first-order chi connectivity index (χ1) is 14.6. The van der Waals surface area contributed by atoms with E-state index >= 15 is 0 Å². The number of rotatable bonds is 7. The predicted octanol–water partition coefficient (Wildman–Crippen LogP) is 5.29. The smallest absolute Gasteiger partial charge is 0.244 e. The molecule has 0 saturated carbocycles. The Kier molecular flexibility index (Phi) is 7.55. The van der Waals surface area contributed by atoms with Crippen molar-refractivity contribution in [3.63, 3.8) is 0 Å². The first-order valence-corrected chi connectivity index (χ1v) is 13.1. The van der Waals surface area contributed by atoms with E-state index in [1.54, 1.807) is 6.92 Å². The zero-order valence-electron chi connectivity index (χ0n) is 18.0. The molecule has 0 fully saturated rings. The number of hydrogen-bond donors (Lipinski definition) is 1. The van der Waals surface area contributed by atoms with Gasteiger partial charge in [0.2, 0.25) is 15.9 Å². The van der Waals surface area contributed by atoms with Gasteiger partial charge in [-0.3, -0.25) is 9.10 Å². The Hall–Kier alpha value is -1.76. The third-order valence-corrected chi connectivity index (χ3v) is 7.28. The molecule has 2 atom stereocenters.